The molecule has 0 fully saturated rings. The van der Waals surface area contributed by atoms with Crippen molar-refractivity contribution in [2.75, 3.05) is 16.0 Å². The molecule has 0 aliphatic carbocycles. The standard InChI is InChI=1S/C24H20N4O3S/c25-20-10-7-18(22-4-2-12-32-22)13-21(20)27-23(29)17-5-8-19(9-6-17)28(24(30)31)15-16-3-1-11-26-14-16/h1-14H,15,25H2,(H,27,29)(H,30,31). The maximum absolute atomic E-state index is 12.8. The quantitative estimate of drug-likeness (QED) is 0.348. The van der Waals surface area contributed by atoms with Crippen molar-refractivity contribution in [2.24, 2.45) is 0 Å². The monoisotopic (exact) mass is 444 g/mol. The molecule has 4 rings (SSSR count). The van der Waals surface area contributed by atoms with Crippen LogP contribution in [0.2, 0.25) is 0 Å². The highest BCUT2D eigenvalue weighted by Crippen LogP contribution is 2.30. The lowest BCUT2D eigenvalue weighted by molar-refractivity contribution is 0.102. The van der Waals surface area contributed by atoms with E-state index in [1.807, 2.05) is 29.6 Å². The number of carbonyl (C=O) groups excluding carboxylic acids is 1. The lowest BCUT2D eigenvalue weighted by Crippen LogP contribution is -2.28. The molecule has 0 unspecified atom stereocenters. The molecule has 8 heteroatoms. The molecule has 0 radical (unpaired) electrons. The Labute approximate surface area is 188 Å². The van der Waals surface area contributed by atoms with Gasteiger partial charge in [-0.15, -0.1) is 11.3 Å². The molecule has 0 saturated heterocycles. The Morgan fingerprint density at radius 3 is 2.53 bits per heavy atom. The van der Waals surface area contributed by atoms with E-state index >= 15 is 0 Å². The van der Waals surface area contributed by atoms with Gasteiger partial charge in [0, 0.05) is 28.5 Å². The molecule has 2 aromatic carbocycles. The van der Waals surface area contributed by atoms with Crippen LogP contribution in [0.1, 0.15) is 15.9 Å². The van der Waals surface area contributed by atoms with Crippen molar-refractivity contribution in [3.8, 4) is 10.4 Å². The molecular formula is C24H20N4O3S. The third-order valence-electron chi connectivity index (χ3n) is 4.84. The van der Waals surface area contributed by atoms with E-state index in [0.717, 1.165) is 16.0 Å². The van der Waals surface area contributed by atoms with Crippen molar-refractivity contribution < 1.29 is 14.7 Å². The van der Waals surface area contributed by atoms with Crippen LogP contribution in [-0.2, 0) is 6.54 Å². The van der Waals surface area contributed by atoms with E-state index in [1.54, 1.807) is 66.2 Å². The Bertz CT molecular complexity index is 1230. The van der Waals surface area contributed by atoms with Crippen molar-refractivity contribution >= 4 is 40.4 Å². The van der Waals surface area contributed by atoms with Gasteiger partial charge in [-0.3, -0.25) is 14.7 Å². The fourth-order valence-electron chi connectivity index (χ4n) is 3.19. The number of carboxylic acid groups (broad SMARTS) is 1. The van der Waals surface area contributed by atoms with Crippen LogP contribution in [0.5, 0.6) is 0 Å². The third kappa shape index (κ3) is 4.76. The minimum absolute atomic E-state index is 0.154. The molecule has 4 aromatic rings. The van der Waals surface area contributed by atoms with Gasteiger partial charge < -0.3 is 16.2 Å². The van der Waals surface area contributed by atoms with Crippen LogP contribution in [0.4, 0.5) is 21.9 Å². The average molecular weight is 445 g/mol. The lowest BCUT2D eigenvalue weighted by Gasteiger charge is -2.19. The number of rotatable bonds is 6. The van der Waals surface area contributed by atoms with Gasteiger partial charge in [-0.1, -0.05) is 18.2 Å². The number of hydrogen-bond donors (Lipinski definition) is 3. The maximum atomic E-state index is 12.8. The van der Waals surface area contributed by atoms with Gasteiger partial charge in [0.05, 0.1) is 17.9 Å². The summed E-state index contributed by atoms with van der Waals surface area (Å²) < 4.78 is 0. The number of nitrogens with one attached hydrogen (secondary N) is 1. The van der Waals surface area contributed by atoms with E-state index in [1.165, 1.54) is 4.90 Å². The molecule has 0 saturated carbocycles. The van der Waals surface area contributed by atoms with Crippen LogP contribution in [0.25, 0.3) is 10.4 Å². The summed E-state index contributed by atoms with van der Waals surface area (Å²) in [5, 5.41) is 14.4. The van der Waals surface area contributed by atoms with Gasteiger partial charge in [-0.05, 0) is 65.0 Å². The van der Waals surface area contributed by atoms with Gasteiger partial charge >= 0.3 is 6.09 Å². The first kappa shape index (κ1) is 21.1. The predicted molar refractivity (Wildman–Crippen MR) is 127 cm³/mol. The van der Waals surface area contributed by atoms with Crippen molar-refractivity contribution in [2.45, 2.75) is 6.54 Å². The molecule has 7 nitrogen and oxygen atoms in total. The first-order valence-corrected chi connectivity index (χ1v) is 10.6. The largest absolute Gasteiger partial charge is 0.465 e. The van der Waals surface area contributed by atoms with E-state index in [0.29, 0.717) is 22.6 Å². The maximum Gasteiger partial charge on any atom is 0.412 e. The van der Waals surface area contributed by atoms with E-state index < -0.39 is 6.09 Å². The summed E-state index contributed by atoms with van der Waals surface area (Å²) in [6.07, 6.45) is 2.15. The number of nitrogen functional groups attached to an aromatic ring is 1. The van der Waals surface area contributed by atoms with Crippen LogP contribution >= 0.6 is 11.3 Å². The fraction of sp³-hybridized carbons (Fsp3) is 0.0417. The number of carbonyl (C=O) groups is 2. The minimum Gasteiger partial charge on any atom is -0.465 e. The summed E-state index contributed by atoms with van der Waals surface area (Å²) in [5.41, 5.74) is 9.61. The highest BCUT2D eigenvalue weighted by atomic mass is 32.1. The van der Waals surface area contributed by atoms with Crippen LogP contribution < -0.4 is 16.0 Å². The Morgan fingerprint density at radius 1 is 1.06 bits per heavy atom. The summed E-state index contributed by atoms with van der Waals surface area (Å²) >= 11 is 1.60. The van der Waals surface area contributed by atoms with E-state index in [4.69, 9.17) is 5.73 Å². The Morgan fingerprint density at radius 2 is 1.88 bits per heavy atom. The summed E-state index contributed by atoms with van der Waals surface area (Å²) in [6, 6.07) is 19.4. The fourth-order valence-corrected chi connectivity index (χ4v) is 3.92. The normalized spacial score (nSPS) is 10.5. The Balaban J connectivity index is 1.51. The number of amides is 2. The van der Waals surface area contributed by atoms with Crippen LogP contribution in [0.3, 0.4) is 0 Å². The number of benzene rings is 2. The Hall–Kier alpha value is -4.17. The highest BCUT2D eigenvalue weighted by Gasteiger charge is 2.16. The molecule has 32 heavy (non-hydrogen) atoms. The van der Waals surface area contributed by atoms with Gasteiger partial charge in [0.25, 0.3) is 5.91 Å². The number of aromatic nitrogens is 1. The summed E-state index contributed by atoms with van der Waals surface area (Å²) in [7, 11) is 0. The molecule has 0 aliphatic rings. The number of pyridine rings is 1. The van der Waals surface area contributed by atoms with Gasteiger partial charge in [0.2, 0.25) is 0 Å². The summed E-state index contributed by atoms with van der Waals surface area (Å²) in [5.74, 6) is -0.333. The van der Waals surface area contributed by atoms with Crippen molar-refractivity contribution in [1.82, 2.24) is 4.98 Å². The van der Waals surface area contributed by atoms with E-state index in [2.05, 4.69) is 10.3 Å². The van der Waals surface area contributed by atoms with E-state index in [-0.39, 0.29) is 12.5 Å². The zero-order valence-electron chi connectivity index (χ0n) is 16.9. The molecular weight excluding hydrogens is 424 g/mol. The smallest absolute Gasteiger partial charge is 0.412 e. The first-order valence-electron chi connectivity index (χ1n) is 9.75. The second kappa shape index (κ2) is 9.32. The van der Waals surface area contributed by atoms with Gasteiger partial charge in [0.1, 0.15) is 0 Å². The zero-order chi connectivity index (χ0) is 22.5. The van der Waals surface area contributed by atoms with Gasteiger partial charge in [-0.25, -0.2) is 4.79 Å². The SMILES string of the molecule is Nc1ccc(-c2cccs2)cc1NC(=O)c1ccc(N(Cc2cccnc2)C(=O)O)cc1. The zero-order valence-corrected chi connectivity index (χ0v) is 17.8. The molecule has 2 amide bonds. The average Bonchev–Trinajstić information content (AvgIpc) is 3.34. The first-order chi connectivity index (χ1) is 15.5. The number of nitrogens with two attached hydrogens (primary N) is 1. The van der Waals surface area contributed by atoms with Crippen LogP contribution in [0, 0.1) is 0 Å². The molecule has 0 aliphatic heterocycles. The van der Waals surface area contributed by atoms with Crippen molar-refractivity contribution in [1.29, 1.82) is 0 Å². The number of hydrogen-bond acceptors (Lipinski definition) is 5. The molecule has 4 N–H and O–H groups in total. The highest BCUT2D eigenvalue weighted by molar-refractivity contribution is 7.13. The summed E-state index contributed by atoms with van der Waals surface area (Å²) in [6.45, 7) is 0.154. The second-order valence-electron chi connectivity index (χ2n) is 7.01. The molecule has 160 valence electrons. The minimum atomic E-state index is -1.09. The van der Waals surface area contributed by atoms with Gasteiger partial charge in [0.15, 0.2) is 0 Å². The topological polar surface area (TPSA) is 109 Å². The number of anilines is 3. The molecule has 2 aromatic heterocycles. The van der Waals surface area contributed by atoms with Crippen molar-refractivity contribution in [3.05, 3.63) is 95.6 Å². The second-order valence-corrected chi connectivity index (χ2v) is 7.96. The molecule has 2 heterocycles. The van der Waals surface area contributed by atoms with Gasteiger partial charge in [-0.2, -0.15) is 0 Å². The lowest BCUT2D eigenvalue weighted by atomic mass is 10.1. The number of thiophene rings is 1. The summed E-state index contributed by atoms with van der Waals surface area (Å²) in [4.78, 5) is 30.8. The predicted octanol–water partition coefficient (Wildman–Crippen LogP) is 5.33. The van der Waals surface area contributed by atoms with Crippen LogP contribution in [0.15, 0.2) is 84.5 Å². The third-order valence-corrected chi connectivity index (χ3v) is 5.76. The van der Waals surface area contributed by atoms with E-state index in [9.17, 15) is 14.7 Å². The van der Waals surface area contributed by atoms with Crippen LogP contribution in [-0.4, -0.2) is 22.1 Å². The van der Waals surface area contributed by atoms with Crippen molar-refractivity contribution in [3.63, 3.8) is 0 Å². The number of nitrogens with zero attached hydrogens (tertiary/aromatic N) is 2. The molecule has 0 atom stereocenters. The molecule has 0 spiro atoms. The molecule has 0 bridgehead atoms. The Kier molecular flexibility index (Phi) is 6.14.